The van der Waals surface area contributed by atoms with Crippen molar-refractivity contribution >= 4 is 10.4 Å². The molecule has 0 aromatic heterocycles. The summed E-state index contributed by atoms with van der Waals surface area (Å²) in [5, 5.41) is 0. The van der Waals surface area contributed by atoms with Gasteiger partial charge in [-0.25, -0.2) is 0 Å². The minimum Gasteiger partial charge on any atom is -0.264 e. The minimum absolute atomic E-state index is 0. The van der Waals surface area contributed by atoms with Gasteiger partial charge in [0.15, 0.2) is 0 Å². The second kappa shape index (κ2) is 2.54. The maximum absolute atomic E-state index is 8.74. The van der Waals surface area contributed by atoms with E-state index in [1.165, 1.54) is 0 Å². The molecule has 0 aliphatic carbocycles. The summed E-state index contributed by atoms with van der Waals surface area (Å²) in [6, 6.07) is 0. The Hall–Kier alpha value is 0.389. The molecule has 0 aromatic carbocycles. The fourth-order valence-electron chi connectivity index (χ4n) is 0. The van der Waals surface area contributed by atoms with Crippen LogP contribution in [0, 0.1) is 0 Å². The van der Waals surface area contributed by atoms with Crippen molar-refractivity contribution in [1.29, 1.82) is 0 Å². The molecule has 2 N–H and O–H groups in total. The van der Waals surface area contributed by atoms with Gasteiger partial charge in [-0.15, -0.1) is 0 Å². The second-order valence-corrected chi connectivity index (χ2v) is 1.34. The first-order chi connectivity index (χ1) is 2.00. The van der Waals surface area contributed by atoms with Gasteiger partial charge in [0, 0.05) is 17.1 Å². The van der Waals surface area contributed by atoms with Crippen LogP contribution in [-0.4, -0.2) is 17.5 Å². The zero-order valence-corrected chi connectivity index (χ0v) is 4.18. The Morgan fingerprint density at radius 1 is 1.33 bits per heavy atom. The molecule has 0 saturated heterocycles. The van der Waals surface area contributed by atoms with Crippen LogP contribution in [0.15, 0.2) is 0 Å². The van der Waals surface area contributed by atoms with E-state index < -0.39 is 10.4 Å². The maximum Gasteiger partial charge on any atom is 1.00 e. The monoisotopic (exact) mass is 163 g/mol. The summed E-state index contributed by atoms with van der Waals surface area (Å²) in [4.78, 5) is 0. The van der Waals surface area contributed by atoms with E-state index >= 15 is 0 Å². The molecule has 0 saturated carbocycles. The summed E-state index contributed by atoms with van der Waals surface area (Å²) in [7, 11) is -4.67. The predicted molar refractivity (Wildman–Crippen MR) is 16.4 cm³/mol. The third-order valence-corrected chi connectivity index (χ3v) is 0. The van der Waals surface area contributed by atoms with Gasteiger partial charge >= 0.3 is 13.3 Å². The van der Waals surface area contributed by atoms with Crippen LogP contribution in [0.3, 0.4) is 0 Å². The summed E-state index contributed by atoms with van der Waals surface area (Å²) >= 11 is 0. The van der Waals surface area contributed by atoms with E-state index in [-0.39, 0.29) is 19.9 Å². The van der Waals surface area contributed by atoms with E-state index in [0.29, 0.717) is 0 Å². The van der Waals surface area contributed by atoms with Crippen molar-refractivity contribution < 1.29 is 37.4 Å². The van der Waals surface area contributed by atoms with Crippen molar-refractivity contribution in [2.24, 2.45) is 0 Å². The number of rotatable bonds is 0. The third-order valence-electron chi connectivity index (χ3n) is 0. The van der Waals surface area contributed by atoms with Crippen LogP contribution in [0.25, 0.3) is 0 Å². The molecule has 43 valence electrons. The van der Waals surface area contributed by atoms with E-state index in [4.69, 9.17) is 17.5 Å². The van der Waals surface area contributed by atoms with Crippen LogP contribution in [0.1, 0.15) is 2.85 Å². The zero-order chi connectivity index (χ0) is 4.50. The number of hydrogen-bond acceptors (Lipinski definition) is 2. The maximum atomic E-state index is 8.74. The van der Waals surface area contributed by atoms with E-state index in [2.05, 4.69) is 0 Å². The zero-order valence-electron chi connectivity index (χ0n) is 4.42. The fraction of sp³-hybridized carbons (Fsp3) is 0. The summed E-state index contributed by atoms with van der Waals surface area (Å²) < 4.78 is 31.6. The van der Waals surface area contributed by atoms with Crippen LogP contribution < -0.4 is 0 Å². The summed E-state index contributed by atoms with van der Waals surface area (Å²) in [5.41, 5.74) is 0. The summed E-state index contributed by atoms with van der Waals surface area (Å²) in [6.07, 6.45) is 0. The molecule has 6 heavy (non-hydrogen) atoms. The van der Waals surface area contributed by atoms with Crippen LogP contribution in [0.4, 0.5) is 0 Å². The molecule has 0 fully saturated rings. The molecule has 0 bridgehead atoms. The molecule has 1 radical (unpaired) electrons. The predicted octanol–water partition coefficient (Wildman–Crippen LogP) is -0.430. The van der Waals surface area contributed by atoms with Gasteiger partial charge in [-0.2, -0.15) is 8.42 Å². The normalized spacial score (nSPS) is 9.67. The molecule has 0 atom stereocenters. The van der Waals surface area contributed by atoms with E-state index in [9.17, 15) is 0 Å². The van der Waals surface area contributed by atoms with Gasteiger partial charge in [0.1, 0.15) is 0 Å². The average Bonchev–Trinajstić information content (AvgIpc) is 0.722. The summed E-state index contributed by atoms with van der Waals surface area (Å²) in [6.45, 7) is 0. The van der Waals surface area contributed by atoms with Gasteiger partial charge in [0.25, 0.3) is 0 Å². The quantitative estimate of drug-likeness (QED) is 0.376. The molecule has 0 unspecified atom stereocenters. The van der Waals surface area contributed by atoms with E-state index in [0.717, 1.165) is 0 Å². The van der Waals surface area contributed by atoms with Gasteiger partial charge in [0.05, 0.1) is 0 Å². The molecule has 6 heteroatoms. The molecule has 0 heterocycles. The largest absolute Gasteiger partial charge is 1.00 e. The van der Waals surface area contributed by atoms with Crippen molar-refractivity contribution in [3.63, 3.8) is 0 Å². The van der Waals surface area contributed by atoms with Crippen LogP contribution >= 0.6 is 0 Å². The van der Waals surface area contributed by atoms with Crippen molar-refractivity contribution in [1.82, 2.24) is 0 Å². The first-order valence-corrected chi connectivity index (χ1v) is 2.10. The van der Waals surface area contributed by atoms with E-state index in [1.54, 1.807) is 0 Å². The standard InChI is InChI=1S/Cu.H2O4S/c;1-5(2,3)4/h;(H2,1,2,3,4)/p+2. The Morgan fingerprint density at radius 2 is 1.33 bits per heavy atom. The Balaban J connectivity index is -0.0000000267. The molecular weight excluding hydrogens is 160 g/mol. The van der Waals surface area contributed by atoms with Gasteiger partial charge in [-0.3, -0.25) is 9.11 Å². The van der Waals surface area contributed by atoms with Gasteiger partial charge in [-0.05, 0) is 0 Å². The molecule has 0 aliphatic heterocycles. The van der Waals surface area contributed by atoms with Gasteiger partial charge in [0.2, 0.25) is 0 Å². The van der Waals surface area contributed by atoms with Gasteiger partial charge in [-0.1, -0.05) is 0 Å². The van der Waals surface area contributed by atoms with Crippen molar-refractivity contribution in [2.75, 3.05) is 0 Å². The molecule has 4 nitrogen and oxygen atoms in total. The Bertz CT molecular complexity index is 97.2. The van der Waals surface area contributed by atoms with Crippen LogP contribution in [-0.2, 0) is 27.5 Å². The third kappa shape index (κ3) is 332. The first-order valence-electron chi connectivity index (χ1n) is 0.698. The topological polar surface area (TPSA) is 74.6 Å². The number of hydrogen-bond donors (Lipinski definition) is 2. The minimum atomic E-state index is -4.67. The molecule has 0 spiro atoms. The molecule has 0 rings (SSSR count). The second-order valence-electron chi connectivity index (χ2n) is 0.448. The Morgan fingerprint density at radius 3 is 1.33 bits per heavy atom. The average molecular weight is 164 g/mol. The van der Waals surface area contributed by atoms with Crippen molar-refractivity contribution in [3.05, 3.63) is 0 Å². The Kier molecular flexibility index (Phi) is 4.08. The fourth-order valence-corrected chi connectivity index (χ4v) is 0. The SMILES string of the molecule is O=S(=O)(O)O.[Cu].[H+].[H+]. The first kappa shape index (κ1) is 9.63. The Labute approximate surface area is 48.6 Å². The molecular formula is H4CuO4S+2. The molecule has 0 amide bonds. The molecule has 0 aliphatic rings. The van der Waals surface area contributed by atoms with Gasteiger partial charge < -0.3 is 0 Å². The molecule has 0 aromatic rings. The van der Waals surface area contributed by atoms with Crippen LogP contribution in [0.2, 0.25) is 0 Å². The van der Waals surface area contributed by atoms with Crippen molar-refractivity contribution in [3.8, 4) is 0 Å². The van der Waals surface area contributed by atoms with Crippen LogP contribution in [0.5, 0.6) is 0 Å². The smallest absolute Gasteiger partial charge is 0.264 e. The summed E-state index contributed by atoms with van der Waals surface area (Å²) in [5.74, 6) is 0. The van der Waals surface area contributed by atoms with Crippen molar-refractivity contribution in [2.45, 2.75) is 0 Å². The van der Waals surface area contributed by atoms with E-state index in [1.807, 2.05) is 0 Å².